The van der Waals surface area contributed by atoms with Crippen LogP contribution in [0.5, 0.6) is 5.75 Å². The predicted molar refractivity (Wildman–Crippen MR) is 163 cm³/mol. The molecular weight excluding hydrogens is 530 g/mol. The molecule has 1 aliphatic carbocycles. The standard InChI is InChI=1S/C34H43N3O5/c1-40-25-29-22-31(42-35-29)15-14-28-12-6-7-13-33(28)41-26-30(38)24-36-18-20-37(21-19-36)34(16-8-3-9-17-34)23-32(39)27-10-4-2-5-11-27/h2,4-7,10-15,22,30,38H,3,8-9,16-21,23-26H2,1H3. The van der Waals surface area contributed by atoms with Crippen LogP contribution in [0.3, 0.4) is 0 Å². The molecular formula is C34H43N3O5. The summed E-state index contributed by atoms with van der Waals surface area (Å²) in [6, 6.07) is 19.3. The number of para-hydroxylation sites is 1. The van der Waals surface area contributed by atoms with E-state index in [1.54, 1.807) is 7.11 Å². The number of aromatic nitrogens is 1. The molecule has 1 N–H and O–H groups in total. The van der Waals surface area contributed by atoms with Crippen LogP contribution < -0.4 is 4.74 Å². The molecule has 1 atom stereocenters. The van der Waals surface area contributed by atoms with Crippen molar-refractivity contribution in [3.8, 4) is 5.75 Å². The van der Waals surface area contributed by atoms with Crippen molar-refractivity contribution in [3.05, 3.63) is 83.2 Å². The van der Waals surface area contributed by atoms with Gasteiger partial charge < -0.3 is 19.1 Å². The van der Waals surface area contributed by atoms with Crippen LogP contribution in [0.2, 0.25) is 0 Å². The summed E-state index contributed by atoms with van der Waals surface area (Å²) in [6.45, 7) is 4.75. The topological polar surface area (TPSA) is 88.3 Å². The number of piperazine rings is 1. The SMILES string of the molecule is COCc1cc(C=Cc2ccccc2OCC(O)CN2CCN(C3(CC(=O)c4ccccc4)CCCCC3)CC2)on1. The molecule has 0 bridgehead atoms. The van der Waals surface area contributed by atoms with Crippen LogP contribution in [0.4, 0.5) is 0 Å². The number of nitrogens with zero attached hydrogens (tertiary/aromatic N) is 3. The molecule has 42 heavy (non-hydrogen) atoms. The molecule has 3 aromatic rings. The zero-order chi connectivity index (χ0) is 29.2. The highest BCUT2D eigenvalue weighted by atomic mass is 16.5. The van der Waals surface area contributed by atoms with Gasteiger partial charge >= 0.3 is 0 Å². The first-order valence-corrected chi connectivity index (χ1v) is 15.1. The van der Waals surface area contributed by atoms with Gasteiger partial charge in [-0.3, -0.25) is 14.6 Å². The van der Waals surface area contributed by atoms with Crippen LogP contribution in [-0.2, 0) is 11.3 Å². The summed E-state index contributed by atoms with van der Waals surface area (Å²) >= 11 is 0. The number of aliphatic hydroxyl groups excluding tert-OH is 1. The Bertz CT molecular complexity index is 1290. The average molecular weight is 574 g/mol. The van der Waals surface area contributed by atoms with Crippen LogP contribution in [0.1, 0.15) is 65.9 Å². The van der Waals surface area contributed by atoms with E-state index in [4.69, 9.17) is 14.0 Å². The zero-order valence-electron chi connectivity index (χ0n) is 24.6. The summed E-state index contributed by atoms with van der Waals surface area (Å²) < 4.78 is 16.5. The lowest BCUT2D eigenvalue weighted by molar-refractivity contribution is -0.0103. The minimum Gasteiger partial charge on any atom is -0.490 e. The summed E-state index contributed by atoms with van der Waals surface area (Å²) in [5, 5.41) is 14.8. The van der Waals surface area contributed by atoms with Gasteiger partial charge in [-0.15, -0.1) is 0 Å². The Labute approximate surface area is 248 Å². The smallest absolute Gasteiger partial charge is 0.164 e. The van der Waals surface area contributed by atoms with E-state index in [0.717, 1.165) is 55.8 Å². The number of benzene rings is 2. The number of Topliss-reactive ketones (excluding diaryl/α,β-unsaturated/α-hetero) is 1. The minimum absolute atomic E-state index is 0.0483. The molecule has 0 radical (unpaired) electrons. The van der Waals surface area contributed by atoms with Crippen LogP contribution in [0.15, 0.2) is 65.2 Å². The van der Waals surface area contributed by atoms with Gasteiger partial charge in [0.25, 0.3) is 0 Å². The summed E-state index contributed by atoms with van der Waals surface area (Å²) in [7, 11) is 1.62. The van der Waals surface area contributed by atoms with Gasteiger partial charge in [-0.05, 0) is 31.1 Å². The van der Waals surface area contributed by atoms with Crippen LogP contribution in [0.25, 0.3) is 12.2 Å². The summed E-state index contributed by atoms with van der Waals surface area (Å²) in [5.41, 5.74) is 2.40. The van der Waals surface area contributed by atoms with Crippen molar-refractivity contribution in [3.63, 3.8) is 0 Å². The lowest BCUT2D eigenvalue weighted by Gasteiger charge is -2.50. The number of carbonyl (C=O) groups excluding carboxylic acids is 1. The van der Waals surface area contributed by atoms with E-state index in [0.29, 0.717) is 31.1 Å². The normalized spacial score (nSPS) is 18.7. The Morgan fingerprint density at radius 3 is 2.52 bits per heavy atom. The summed E-state index contributed by atoms with van der Waals surface area (Å²) in [6.07, 6.45) is 9.53. The molecule has 0 spiro atoms. The average Bonchev–Trinajstić information content (AvgIpc) is 3.48. The van der Waals surface area contributed by atoms with E-state index >= 15 is 0 Å². The van der Waals surface area contributed by atoms with Gasteiger partial charge in [-0.1, -0.05) is 73.0 Å². The number of rotatable bonds is 13. The fraction of sp³-hybridized carbons (Fsp3) is 0.471. The van der Waals surface area contributed by atoms with Crippen molar-refractivity contribution in [2.45, 2.75) is 56.8 Å². The molecule has 2 aliphatic rings. The van der Waals surface area contributed by atoms with Crippen molar-refractivity contribution >= 4 is 17.9 Å². The van der Waals surface area contributed by atoms with Gasteiger partial charge in [0.2, 0.25) is 0 Å². The number of aliphatic hydroxyl groups is 1. The van der Waals surface area contributed by atoms with Gasteiger partial charge in [0, 0.05) is 69.0 Å². The number of hydrogen-bond donors (Lipinski definition) is 1. The number of ketones is 1. The third-order valence-electron chi connectivity index (χ3n) is 8.53. The van der Waals surface area contributed by atoms with Crippen molar-refractivity contribution in [1.82, 2.24) is 15.0 Å². The second-order valence-corrected chi connectivity index (χ2v) is 11.5. The molecule has 2 heterocycles. The van der Waals surface area contributed by atoms with Gasteiger partial charge in [0.05, 0.1) is 6.61 Å². The first kappa shape index (κ1) is 30.2. The predicted octanol–water partition coefficient (Wildman–Crippen LogP) is 5.32. The maximum Gasteiger partial charge on any atom is 0.164 e. The minimum atomic E-state index is -0.609. The molecule has 0 amide bonds. The van der Waals surface area contributed by atoms with E-state index in [9.17, 15) is 9.90 Å². The molecule has 8 heteroatoms. The van der Waals surface area contributed by atoms with Gasteiger partial charge in [-0.2, -0.15) is 0 Å². The molecule has 1 saturated heterocycles. The van der Waals surface area contributed by atoms with Crippen LogP contribution in [-0.4, -0.2) is 83.9 Å². The molecule has 1 saturated carbocycles. The highest BCUT2D eigenvalue weighted by Crippen LogP contribution is 2.38. The monoisotopic (exact) mass is 573 g/mol. The third kappa shape index (κ3) is 7.95. The Morgan fingerprint density at radius 2 is 1.76 bits per heavy atom. The highest BCUT2D eigenvalue weighted by molar-refractivity contribution is 5.96. The van der Waals surface area contributed by atoms with Gasteiger partial charge in [-0.25, -0.2) is 0 Å². The largest absolute Gasteiger partial charge is 0.490 e. The first-order chi connectivity index (χ1) is 20.5. The van der Waals surface area contributed by atoms with E-state index in [-0.39, 0.29) is 17.9 Å². The molecule has 2 aromatic carbocycles. The summed E-state index contributed by atoms with van der Waals surface area (Å²) in [4.78, 5) is 18.1. The zero-order valence-corrected chi connectivity index (χ0v) is 24.6. The molecule has 1 aromatic heterocycles. The number of carbonyl (C=O) groups is 1. The molecule has 1 aliphatic heterocycles. The fourth-order valence-electron chi connectivity index (χ4n) is 6.33. The Morgan fingerprint density at radius 1 is 1.02 bits per heavy atom. The van der Waals surface area contributed by atoms with E-state index in [1.165, 1.54) is 19.3 Å². The summed E-state index contributed by atoms with van der Waals surface area (Å²) in [5.74, 6) is 1.59. The van der Waals surface area contributed by atoms with E-state index in [1.807, 2.05) is 72.8 Å². The quantitative estimate of drug-likeness (QED) is 0.275. The Kier molecular flexibility index (Phi) is 10.6. The van der Waals surface area contributed by atoms with Gasteiger partial charge in [0.1, 0.15) is 24.2 Å². The maximum absolute atomic E-state index is 13.2. The lowest BCUT2D eigenvalue weighted by atomic mass is 9.75. The van der Waals surface area contributed by atoms with E-state index < -0.39 is 6.10 Å². The highest BCUT2D eigenvalue weighted by Gasteiger charge is 2.41. The Balaban J connectivity index is 1.11. The van der Waals surface area contributed by atoms with Crippen molar-refractivity contribution in [2.24, 2.45) is 0 Å². The Hall–Kier alpha value is -3.30. The number of β-amino-alcohol motifs (C(OH)–C–C–N with tert-alkyl or cyclic N) is 1. The second kappa shape index (κ2) is 14.7. The first-order valence-electron chi connectivity index (χ1n) is 15.1. The number of ether oxygens (including phenoxy) is 2. The number of hydrogen-bond acceptors (Lipinski definition) is 8. The van der Waals surface area contributed by atoms with E-state index in [2.05, 4.69) is 15.0 Å². The van der Waals surface area contributed by atoms with Crippen molar-refractivity contribution < 1.29 is 23.9 Å². The second-order valence-electron chi connectivity index (χ2n) is 11.5. The van der Waals surface area contributed by atoms with Crippen molar-refractivity contribution in [2.75, 3.05) is 46.4 Å². The lowest BCUT2D eigenvalue weighted by Crippen LogP contribution is -2.59. The number of methoxy groups -OCH3 is 1. The molecule has 2 fully saturated rings. The van der Waals surface area contributed by atoms with Gasteiger partial charge in [0.15, 0.2) is 11.5 Å². The van der Waals surface area contributed by atoms with Crippen LogP contribution in [0, 0.1) is 0 Å². The maximum atomic E-state index is 13.2. The molecule has 8 nitrogen and oxygen atoms in total. The van der Waals surface area contributed by atoms with Crippen molar-refractivity contribution in [1.29, 1.82) is 0 Å². The molecule has 1 unspecified atom stereocenters. The molecule has 224 valence electrons. The fourth-order valence-corrected chi connectivity index (χ4v) is 6.33. The van der Waals surface area contributed by atoms with Crippen LogP contribution >= 0.6 is 0 Å². The molecule has 5 rings (SSSR count). The third-order valence-corrected chi connectivity index (χ3v) is 8.53.